The van der Waals surface area contributed by atoms with E-state index >= 15 is 0 Å². The minimum Gasteiger partial charge on any atom is -0.489 e. The summed E-state index contributed by atoms with van der Waals surface area (Å²) in [6, 6.07) is 8.93. The lowest BCUT2D eigenvalue weighted by Crippen LogP contribution is -2.23. The van der Waals surface area contributed by atoms with Crippen molar-refractivity contribution in [2.24, 2.45) is 5.73 Å². The molecule has 2 aromatic carbocycles. The number of esters is 1. The van der Waals surface area contributed by atoms with Crippen molar-refractivity contribution in [3.05, 3.63) is 47.8 Å². The second-order valence-corrected chi connectivity index (χ2v) is 7.18. The number of nitrogens with zero attached hydrogens (tertiary/aromatic N) is 1. The maximum absolute atomic E-state index is 13.4. The number of rotatable bonds is 7. The minimum atomic E-state index is -1.23. The van der Waals surface area contributed by atoms with Gasteiger partial charge in [0.1, 0.15) is 28.5 Å². The van der Waals surface area contributed by atoms with Crippen LogP contribution in [0.2, 0.25) is 0 Å². The molecule has 7 nitrogen and oxygen atoms in total. The van der Waals surface area contributed by atoms with Gasteiger partial charge < -0.3 is 24.5 Å². The SMILES string of the molecule is CCN(CC)c1cc2oc(-c3ccc(F)cc3)c(C(=O)OC(N)=O)c2cc1OC(C)C. The van der Waals surface area contributed by atoms with Crippen molar-refractivity contribution in [1.29, 1.82) is 0 Å². The summed E-state index contributed by atoms with van der Waals surface area (Å²) in [5.74, 6) is -0.687. The number of hydrogen-bond acceptors (Lipinski definition) is 6. The first-order valence-corrected chi connectivity index (χ1v) is 10.0. The molecule has 0 atom stereocenters. The van der Waals surface area contributed by atoms with Crippen molar-refractivity contribution in [3.63, 3.8) is 0 Å². The van der Waals surface area contributed by atoms with E-state index in [9.17, 15) is 14.0 Å². The summed E-state index contributed by atoms with van der Waals surface area (Å²) in [5.41, 5.74) is 6.72. The molecule has 0 spiro atoms. The Hall–Kier alpha value is -3.55. The summed E-state index contributed by atoms with van der Waals surface area (Å²) >= 11 is 0. The van der Waals surface area contributed by atoms with Crippen molar-refractivity contribution >= 4 is 28.7 Å². The number of fused-ring (bicyclic) bond motifs is 1. The smallest absolute Gasteiger partial charge is 0.412 e. The molecule has 0 saturated heterocycles. The number of carbonyl (C=O) groups is 2. The first-order valence-electron chi connectivity index (χ1n) is 10.0. The summed E-state index contributed by atoms with van der Waals surface area (Å²) in [4.78, 5) is 26.1. The third-order valence-corrected chi connectivity index (χ3v) is 4.74. The van der Waals surface area contributed by atoms with Crippen molar-refractivity contribution in [3.8, 4) is 17.1 Å². The van der Waals surface area contributed by atoms with Gasteiger partial charge in [-0.25, -0.2) is 14.0 Å². The Balaban J connectivity index is 2.31. The van der Waals surface area contributed by atoms with Crippen LogP contribution in [0.15, 0.2) is 40.8 Å². The monoisotopic (exact) mass is 428 g/mol. The van der Waals surface area contributed by atoms with Gasteiger partial charge in [-0.1, -0.05) is 0 Å². The maximum atomic E-state index is 13.4. The highest BCUT2D eigenvalue weighted by Gasteiger charge is 2.27. The lowest BCUT2D eigenvalue weighted by Gasteiger charge is -2.25. The molecular formula is C23H25FN2O5. The van der Waals surface area contributed by atoms with E-state index < -0.39 is 17.9 Å². The lowest BCUT2D eigenvalue weighted by molar-refractivity contribution is 0.0640. The molecule has 3 rings (SSSR count). The Morgan fingerprint density at radius 1 is 1.13 bits per heavy atom. The Bertz CT molecular complexity index is 1100. The van der Waals surface area contributed by atoms with Crippen molar-refractivity contribution < 1.29 is 27.9 Å². The molecule has 0 bridgehead atoms. The number of hydrogen-bond donors (Lipinski definition) is 1. The van der Waals surface area contributed by atoms with Gasteiger partial charge >= 0.3 is 12.1 Å². The normalized spacial score (nSPS) is 11.0. The van der Waals surface area contributed by atoms with E-state index in [-0.39, 0.29) is 17.4 Å². The molecule has 31 heavy (non-hydrogen) atoms. The molecule has 3 aromatic rings. The van der Waals surface area contributed by atoms with Gasteiger partial charge in [0.05, 0.1) is 11.8 Å². The van der Waals surface area contributed by atoms with E-state index in [4.69, 9.17) is 14.9 Å². The molecule has 0 fully saturated rings. The van der Waals surface area contributed by atoms with Crippen LogP contribution >= 0.6 is 0 Å². The van der Waals surface area contributed by atoms with Gasteiger partial charge in [-0.3, -0.25) is 0 Å². The number of furan rings is 1. The third-order valence-electron chi connectivity index (χ3n) is 4.74. The number of carbonyl (C=O) groups excluding carboxylic acids is 2. The van der Waals surface area contributed by atoms with Gasteiger partial charge in [-0.2, -0.15) is 0 Å². The molecule has 1 aromatic heterocycles. The quantitative estimate of drug-likeness (QED) is 0.415. The van der Waals surface area contributed by atoms with E-state index in [0.29, 0.717) is 22.3 Å². The molecule has 1 heterocycles. The van der Waals surface area contributed by atoms with Crippen LogP contribution in [0.25, 0.3) is 22.3 Å². The number of nitrogens with two attached hydrogens (primary N) is 1. The summed E-state index contributed by atoms with van der Waals surface area (Å²) in [7, 11) is 0. The predicted molar refractivity (Wildman–Crippen MR) is 116 cm³/mol. The van der Waals surface area contributed by atoms with Gasteiger partial charge in [0.15, 0.2) is 0 Å². The summed E-state index contributed by atoms with van der Waals surface area (Å²) < 4.78 is 30.1. The van der Waals surface area contributed by atoms with Gasteiger partial charge in [-0.05, 0) is 58.0 Å². The first kappa shape index (κ1) is 22.1. The standard InChI is InChI=1S/C23H25FN2O5/c1-5-26(6-2)17-12-18-16(11-19(17)29-13(3)4)20(22(27)31-23(25)28)21(30-18)14-7-9-15(24)10-8-14/h7-13H,5-6H2,1-4H3,(H2,25,28). The minimum absolute atomic E-state index is 0.0140. The van der Waals surface area contributed by atoms with Crippen molar-refractivity contribution in [1.82, 2.24) is 0 Å². The Kier molecular flexibility index (Phi) is 6.48. The predicted octanol–water partition coefficient (Wildman–Crippen LogP) is 5.11. The Morgan fingerprint density at radius 3 is 2.32 bits per heavy atom. The fraction of sp³-hybridized carbons (Fsp3) is 0.304. The zero-order chi connectivity index (χ0) is 22.7. The molecule has 8 heteroatoms. The molecule has 2 N–H and O–H groups in total. The maximum Gasteiger partial charge on any atom is 0.412 e. The number of benzene rings is 2. The summed E-state index contributed by atoms with van der Waals surface area (Å²) in [5, 5.41) is 0.400. The molecule has 164 valence electrons. The zero-order valence-electron chi connectivity index (χ0n) is 17.9. The second kappa shape index (κ2) is 9.07. The fourth-order valence-electron chi connectivity index (χ4n) is 3.42. The molecular weight excluding hydrogens is 403 g/mol. The van der Waals surface area contributed by atoms with Crippen LogP contribution in [0.1, 0.15) is 38.1 Å². The Labute approximate surface area is 179 Å². The van der Waals surface area contributed by atoms with Gasteiger partial charge in [-0.15, -0.1) is 0 Å². The molecule has 0 saturated carbocycles. The fourth-order valence-corrected chi connectivity index (χ4v) is 3.42. The second-order valence-electron chi connectivity index (χ2n) is 7.18. The van der Waals surface area contributed by atoms with Crippen LogP contribution in [0.3, 0.4) is 0 Å². The molecule has 0 aliphatic rings. The highest BCUT2D eigenvalue weighted by atomic mass is 19.1. The summed E-state index contributed by atoms with van der Waals surface area (Å²) in [6.45, 7) is 9.32. The van der Waals surface area contributed by atoms with E-state index in [0.717, 1.165) is 18.8 Å². The van der Waals surface area contributed by atoms with Crippen molar-refractivity contribution in [2.45, 2.75) is 33.8 Å². The number of halogens is 1. The third kappa shape index (κ3) is 4.63. The van der Waals surface area contributed by atoms with Crippen LogP contribution in [0, 0.1) is 5.82 Å². The average molecular weight is 428 g/mol. The lowest BCUT2D eigenvalue weighted by atomic mass is 10.0. The van der Waals surface area contributed by atoms with Crippen molar-refractivity contribution in [2.75, 3.05) is 18.0 Å². The van der Waals surface area contributed by atoms with Crippen LogP contribution in [-0.4, -0.2) is 31.3 Å². The van der Waals surface area contributed by atoms with E-state index in [1.165, 1.54) is 24.3 Å². The Morgan fingerprint density at radius 2 is 1.77 bits per heavy atom. The number of anilines is 1. The zero-order valence-corrected chi connectivity index (χ0v) is 17.9. The van der Waals surface area contributed by atoms with Gasteiger partial charge in [0.25, 0.3) is 0 Å². The molecule has 0 unspecified atom stereocenters. The van der Waals surface area contributed by atoms with Gasteiger partial charge in [0.2, 0.25) is 0 Å². The van der Waals surface area contributed by atoms with Crippen LogP contribution in [-0.2, 0) is 4.74 Å². The highest BCUT2D eigenvalue weighted by Crippen LogP contribution is 2.41. The largest absolute Gasteiger partial charge is 0.489 e. The topological polar surface area (TPSA) is 95.0 Å². The number of ether oxygens (including phenoxy) is 2. The molecule has 0 radical (unpaired) electrons. The molecule has 0 aliphatic heterocycles. The molecule has 0 aliphatic carbocycles. The average Bonchev–Trinajstić information content (AvgIpc) is 3.07. The van der Waals surface area contributed by atoms with Crippen LogP contribution in [0.4, 0.5) is 14.9 Å². The van der Waals surface area contributed by atoms with Crippen LogP contribution < -0.4 is 15.4 Å². The first-order chi connectivity index (χ1) is 14.7. The summed E-state index contributed by atoms with van der Waals surface area (Å²) in [6.07, 6.45) is -1.35. The number of primary amides is 1. The number of amides is 1. The van der Waals surface area contributed by atoms with Crippen LogP contribution in [0.5, 0.6) is 5.75 Å². The van der Waals surface area contributed by atoms with E-state index in [2.05, 4.69) is 9.64 Å². The van der Waals surface area contributed by atoms with E-state index in [1.54, 1.807) is 12.1 Å². The highest BCUT2D eigenvalue weighted by molar-refractivity contribution is 6.12. The molecule has 1 amide bonds. The van der Waals surface area contributed by atoms with Gasteiger partial charge in [0, 0.05) is 30.1 Å². The van der Waals surface area contributed by atoms with E-state index in [1.807, 2.05) is 27.7 Å².